The van der Waals surface area contributed by atoms with Crippen LogP contribution in [0.15, 0.2) is 24.3 Å². The van der Waals surface area contributed by atoms with E-state index in [0.29, 0.717) is 0 Å². The molecule has 1 aromatic carbocycles. The molecule has 1 atom stereocenters. The summed E-state index contributed by atoms with van der Waals surface area (Å²) in [5.41, 5.74) is 1.02. The molecule has 0 saturated heterocycles. The number of hydrogen-bond acceptors (Lipinski definition) is 1. The molecule has 0 N–H and O–H groups in total. The lowest BCUT2D eigenvalue weighted by Gasteiger charge is -2.05. The second-order valence-corrected chi connectivity index (χ2v) is 3.42. The van der Waals surface area contributed by atoms with Crippen molar-refractivity contribution in [3.63, 3.8) is 0 Å². The first-order valence-electron chi connectivity index (χ1n) is 3.67. The predicted molar refractivity (Wildman–Crippen MR) is 48.8 cm³/mol. The largest absolute Gasteiger partial charge is 0.263 e. The summed E-state index contributed by atoms with van der Waals surface area (Å²) in [6, 6.07) is 6.23. The Morgan fingerprint density at radius 1 is 1.08 bits per heavy atom. The highest BCUT2D eigenvalue weighted by Gasteiger charge is 2.06. The van der Waals surface area contributed by atoms with Crippen LogP contribution < -0.4 is 0 Å². The highest BCUT2D eigenvalue weighted by molar-refractivity contribution is 7.80. The topological polar surface area (TPSA) is 0 Å². The molecular formula is C9H10F2S. The van der Waals surface area contributed by atoms with E-state index < -0.39 is 6.43 Å². The van der Waals surface area contributed by atoms with Crippen molar-refractivity contribution in [2.75, 3.05) is 0 Å². The molecular weight excluding hydrogens is 178 g/mol. The van der Waals surface area contributed by atoms with Gasteiger partial charge in [-0.05, 0) is 12.5 Å². The fourth-order valence-electron chi connectivity index (χ4n) is 0.920. The summed E-state index contributed by atoms with van der Waals surface area (Å²) >= 11 is 4.19. The quantitative estimate of drug-likeness (QED) is 0.673. The lowest BCUT2D eigenvalue weighted by Crippen LogP contribution is -1.87. The van der Waals surface area contributed by atoms with Crippen molar-refractivity contribution in [1.29, 1.82) is 0 Å². The second kappa shape index (κ2) is 3.90. The molecule has 0 radical (unpaired) electrons. The first-order chi connectivity index (χ1) is 5.61. The number of thiol groups is 1. The van der Waals surface area contributed by atoms with Gasteiger partial charge in [0.1, 0.15) is 0 Å². The summed E-state index contributed by atoms with van der Waals surface area (Å²) in [7, 11) is 0. The van der Waals surface area contributed by atoms with Gasteiger partial charge in [0, 0.05) is 10.8 Å². The summed E-state index contributed by atoms with van der Waals surface area (Å²) < 4.78 is 24.2. The molecule has 0 aliphatic rings. The highest BCUT2D eigenvalue weighted by atomic mass is 32.1. The minimum absolute atomic E-state index is 0.0627. The van der Waals surface area contributed by atoms with Gasteiger partial charge in [-0.25, -0.2) is 8.78 Å². The van der Waals surface area contributed by atoms with Crippen molar-refractivity contribution < 1.29 is 8.78 Å². The molecule has 0 aliphatic carbocycles. The van der Waals surface area contributed by atoms with E-state index in [1.54, 1.807) is 12.1 Å². The van der Waals surface area contributed by atoms with Crippen LogP contribution in [0.4, 0.5) is 8.78 Å². The number of benzene rings is 1. The summed E-state index contributed by atoms with van der Waals surface area (Å²) in [6.45, 7) is 1.90. The fourth-order valence-corrected chi connectivity index (χ4v) is 1.09. The van der Waals surface area contributed by atoms with Gasteiger partial charge < -0.3 is 0 Å². The van der Waals surface area contributed by atoms with Gasteiger partial charge in [-0.2, -0.15) is 12.6 Å². The van der Waals surface area contributed by atoms with Crippen molar-refractivity contribution >= 4 is 12.6 Å². The molecule has 3 heteroatoms. The van der Waals surface area contributed by atoms with E-state index in [9.17, 15) is 8.78 Å². The van der Waals surface area contributed by atoms with Gasteiger partial charge >= 0.3 is 0 Å². The lowest BCUT2D eigenvalue weighted by atomic mass is 10.1. The summed E-state index contributed by atoms with van der Waals surface area (Å²) in [5, 5.41) is 0.0942. The van der Waals surface area contributed by atoms with Gasteiger partial charge in [-0.1, -0.05) is 24.3 Å². The minimum Gasteiger partial charge on any atom is -0.205 e. The third kappa shape index (κ3) is 2.21. The van der Waals surface area contributed by atoms with Crippen LogP contribution in [0, 0.1) is 0 Å². The van der Waals surface area contributed by atoms with Crippen LogP contribution in [-0.2, 0) is 0 Å². The number of hydrogen-bond donors (Lipinski definition) is 1. The summed E-state index contributed by atoms with van der Waals surface area (Å²) in [4.78, 5) is 0. The molecule has 0 fully saturated rings. The van der Waals surface area contributed by atoms with E-state index in [2.05, 4.69) is 12.6 Å². The maximum atomic E-state index is 12.1. The Bertz CT molecular complexity index is 214. The van der Waals surface area contributed by atoms with E-state index in [4.69, 9.17) is 0 Å². The van der Waals surface area contributed by atoms with Crippen LogP contribution >= 0.6 is 12.6 Å². The third-order valence-electron chi connectivity index (χ3n) is 1.67. The van der Waals surface area contributed by atoms with Crippen LogP contribution in [0.3, 0.4) is 0 Å². The van der Waals surface area contributed by atoms with E-state index in [-0.39, 0.29) is 10.8 Å². The molecule has 0 spiro atoms. The van der Waals surface area contributed by atoms with E-state index in [1.165, 1.54) is 12.1 Å². The second-order valence-electron chi connectivity index (χ2n) is 2.64. The highest BCUT2D eigenvalue weighted by Crippen LogP contribution is 2.23. The average Bonchev–Trinajstić information content (AvgIpc) is 2.04. The molecule has 0 aromatic heterocycles. The normalized spacial score (nSPS) is 13.4. The Morgan fingerprint density at radius 3 is 1.83 bits per heavy atom. The van der Waals surface area contributed by atoms with E-state index in [0.717, 1.165) is 5.56 Å². The first-order valence-corrected chi connectivity index (χ1v) is 4.19. The fraction of sp³-hybridized carbons (Fsp3) is 0.333. The van der Waals surface area contributed by atoms with Gasteiger partial charge in [-0.15, -0.1) is 0 Å². The Morgan fingerprint density at radius 2 is 1.50 bits per heavy atom. The molecule has 0 amide bonds. The Hall–Kier alpha value is -0.570. The molecule has 0 aliphatic heterocycles. The van der Waals surface area contributed by atoms with Crippen LogP contribution in [0.25, 0.3) is 0 Å². The van der Waals surface area contributed by atoms with E-state index >= 15 is 0 Å². The SMILES string of the molecule is CC(S)c1ccc(C(F)F)cc1. The smallest absolute Gasteiger partial charge is 0.205 e. The van der Waals surface area contributed by atoms with Crippen molar-refractivity contribution in [3.8, 4) is 0 Å². The molecule has 1 unspecified atom stereocenters. The van der Waals surface area contributed by atoms with Crippen LogP contribution in [0.2, 0.25) is 0 Å². The predicted octanol–water partition coefficient (Wildman–Crippen LogP) is 3.62. The van der Waals surface area contributed by atoms with Gasteiger partial charge in [0.25, 0.3) is 6.43 Å². The van der Waals surface area contributed by atoms with Crippen LogP contribution in [0.5, 0.6) is 0 Å². The van der Waals surface area contributed by atoms with Crippen molar-refractivity contribution in [1.82, 2.24) is 0 Å². The van der Waals surface area contributed by atoms with Crippen LogP contribution in [0.1, 0.15) is 29.7 Å². The molecule has 12 heavy (non-hydrogen) atoms. The zero-order chi connectivity index (χ0) is 9.14. The first kappa shape index (κ1) is 9.52. The monoisotopic (exact) mass is 188 g/mol. The average molecular weight is 188 g/mol. The Kier molecular flexibility index (Phi) is 3.09. The molecule has 0 nitrogen and oxygen atoms in total. The molecule has 1 aromatic rings. The van der Waals surface area contributed by atoms with Crippen molar-refractivity contribution in [2.24, 2.45) is 0 Å². The molecule has 0 saturated carbocycles. The van der Waals surface area contributed by atoms with Gasteiger partial charge in [0.15, 0.2) is 0 Å². The van der Waals surface area contributed by atoms with Crippen LogP contribution in [-0.4, -0.2) is 0 Å². The summed E-state index contributed by atoms with van der Waals surface area (Å²) in [5.74, 6) is 0. The van der Waals surface area contributed by atoms with Gasteiger partial charge in [0.05, 0.1) is 0 Å². The Balaban J connectivity index is 2.86. The standard InChI is InChI=1S/C9H10F2S/c1-6(12)7-2-4-8(5-3-7)9(10)11/h2-6,9,12H,1H3. The van der Waals surface area contributed by atoms with Crippen molar-refractivity contribution in [3.05, 3.63) is 35.4 Å². The van der Waals surface area contributed by atoms with Gasteiger partial charge in [0.2, 0.25) is 0 Å². The number of halogens is 2. The maximum absolute atomic E-state index is 12.1. The van der Waals surface area contributed by atoms with Gasteiger partial charge in [-0.3, -0.25) is 0 Å². The lowest BCUT2D eigenvalue weighted by molar-refractivity contribution is 0.151. The third-order valence-corrected chi connectivity index (χ3v) is 1.97. The number of rotatable bonds is 2. The molecule has 0 heterocycles. The van der Waals surface area contributed by atoms with Crippen molar-refractivity contribution in [2.45, 2.75) is 18.6 Å². The zero-order valence-corrected chi connectivity index (χ0v) is 7.56. The van der Waals surface area contributed by atoms with E-state index in [1.807, 2.05) is 6.92 Å². The number of alkyl halides is 2. The summed E-state index contributed by atoms with van der Waals surface area (Å²) in [6.07, 6.45) is -2.38. The Labute approximate surface area is 76.0 Å². The minimum atomic E-state index is -2.38. The maximum Gasteiger partial charge on any atom is 0.263 e. The zero-order valence-electron chi connectivity index (χ0n) is 6.67. The molecule has 1 rings (SSSR count). The molecule has 66 valence electrons. The molecule has 0 bridgehead atoms.